The van der Waals surface area contributed by atoms with Crippen molar-refractivity contribution in [2.75, 3.05) is 0 Å². The molecule has 16 heavy (non-hydrogen) atoms. The van der Waals surface area contributed by atoms with Gasteiger partial charge in [-0.3, -0.25) is 0 Å². The van der Waals surface area contributed by atoms with Crippen molar-refractivity contribution in [1.29, 1.82) is 0 Å². The highest BCUT2D eigenvalue weighted by molar-refractivity contribution is 6.30. The Kier molecular flexibility index (Phi) is 2.23. The molecule has 1 aliphatic carbocycles. The fourth-order valence-corrected chi connectivity index (χ4v) is 2.15. The topological polar surface area (TPSA) is 25.2 Å². The third kappa shape index (κ3) is 1.72. The number of hydrogen-bond acceptors (Lipinski definition) is 2. The van der Waals surface area contributed by atoms with E-state index in [9.17, 15) is 0 Å². The van der Waals surface area contributed by atoms with Crippen molar-refractivity contribution < 1.29 is 4.42 Å². The van der Waals surface area contributed by atoms with E-state index in [2.05, 4.69) is 18.3 Å². The van der Waals surface area contributed by atoms with Crippen LogP contribution in [0.2, 0.25) is 5.22 Å². The second kappa shape index (κ2) is 3.51. The van der Waals surface area contributed by atoms with Gasteiger partial charge in [-0.15, -0.1) is 0 Å². The second-order valence-electron chi connectivity index (χ2n) is 4.76. The summed E-state index contributed by atoms with van der Waals surface area (Å²) in [6.07, 6.45) is 2.50. The fourth-order valence-electron chi connectivity index (χ4n) is 1.90. The lowest BCUT2D eigenvalue weighted by atomic mass is 10.1. The molecule has 2 aromatic rings. The first kappa shape index (κ1) is 10.2. The van der Waals surface area contributed by atoms with Crippen molar-refractivity contribution in [3.63, 3.8) is 0 Å². The summed E-state index contributed by atoms with van der Waals surface area (Å²) in [5.41, 5.74) is 2.26. The summed E-state index contributed by atoms with van der Waals surface area (Å²) in [4.78, 5) is 0. The molecule has 0 spiro atoms. The third-order valence-corrected chi connectivity index (χ3v) is 3.65. The van der Waals surface area contributed by atoms with Crippen LogP contribution in [-0.4, -0.2) is 5.54 Å². The van der Waals surface area contributed by atoms with Gasteiger partial charge in [0, 0.05) is 23.0 Å². The Bertz CT molecular complexity index is 528. The molecule has 3 heteroatoms. The lowest BCUT2D eigenvalue weighted by Crippen LogP contribution is -2.26. The number of benzene rings is 1. The molecule has 0 unspecified atom stereocenters. The van der Waals surface area contributed by atoms with Gasteiger partial charge in [-0.25, -0.2) is 0 Å². The molecule has 0 bridgehead atoms. The number of furan rings is 1. The van der Waals surface area contributed by atoms with E-state index in [4.69, 9.17) is 16.0 Å². The molecule has 0 atom stereocenters. The van der Waals surface area contributed by atoms with Gasteiger partial charge in [0.1, 0.15) is 5.58 Å². The summed E-state index contributed by atoms with van der Waals surface area (Å²) in [6, 6.07) is 7.97. The quantitative estimate of drug-likeness (QED) is 0.877. The average Bonchev–Trinajstić information content (AvgIpc) is 2.91. The van der Waals surface area contributed by atoms with E-state index in [0.29, 0.717) is 10.8 Å². The molecule has 84 valence electrons. The van der Waals surface area contributed by atoms with Crippen LogP contribution in [0.5, 0.6) is 0 Å². The molecule has 1 saturated carbocycles. The largest absolute Gasteiger partial charge is 0.444 e. The highest BCUT2D eigenvalue weighted by Crippen LogP contribution is 2.36. The molecule has 1 aromatic carbocycles. The summed E-state index contributed by atoms with van der Waals surface area (Å²) in [6.45, 7) is 3.02. The van der Waals surface area contributed by atoms with Gasteiger partial charge in [0.2, 0.25) is 0 Å². The van der Waals surface area contributed by atoms with Gasteiger partial charge in [0.05, 0.1) is 0 Å². The zero-order chi connectivity index (χ0) is 11.2. The van der Waals surface area contributed by atoms with E-state index < -0.39 is 0 Å². The van der Waals surface area contributed by atoms with Crippen molar-refractivity contribution in [1.82, 2.24) is 5.32 Å². The fraction of sp³-hybridized carbons (Fsp3) is 0.385. The van der Waals surface area contributed by atoms with E-state index in [1.807, 2.05) is 18.2 Å². The number of rotatable bonds is 3. The molecular formula is C13H14ClNO. The van der Waals surface area contributed by atoms with Crippen molar-refractivity contribution in [3.8, 4) is 0 Å². The van der Waals surface area contributed by atoms with Crippen LogP contribution >= 0.6 is 11.6 Å². The lowest BCUT2D eigenvalue weighted by Gasteiger charge is -2.10. The molecular weight excluding hydrogens is 222 g/mol. The molecule has 1 aliphatic rings. The van der Waals surface area contributed by atoms with E-state index in [1.54, 1.807) is 0 Å². The monoisotopic (exact) mass is 235 g/mol. The Hall–Kier alpha value is -0.990. The smallest absolute Gasteiger partial charge is 0.199 e. The van der Waals surface area contributed by atoms with Crippen LogP contribution in [0, 0.1) is 0 Å². The van der Waals surface area contributed by atoms with Crippen LogP contribution in [0.3, 0.4) is 0 Å². The Labute approximate surface area is 99.6 Å². The molecule has 2 nitrogen and oxygen atoms in total. The number of hydrogen-bond donors (Lipinski definition) is 1. The summed E-state index contributed by atoms with van der Waals surface area (Å²) in [5, 5.41) is 5.15. The molecule has 0 radical (unpaired) electrons. The maximum atomic E-state index is 6.11. The minimum Gasteiger partial charge on any atom is -0.444 e. The zero-order valence-electron chi connectivity index (χ0n) is 9.22. The summed E-state index contributed by atoms with van der Waals surface area (Å²) >= 11 is 6.11. The number of nitrogens with one attached hydrogen (secondary N) is 1. The summed E-state index contributed by atoms with van der Waals surface area (Å²) < 4.78 is 5.51. The van der Waals surface area contributed by atoms with Crippen molar-refractivity contribution >= 4 is 22.6 Å². The van der Waals surface area contributed by atoms with Crippen LogP contribution in [0.15, 0.2) is 28.7 Å². The highest BCUT2D eigenvalue weighted by Gasteiger charge is 2.36. The van der Waals surface area contributed by atoms with E-state index >= 15 is 0 Å². The predicted octanol–water partition coefficient (Wildman–Crippen LogP) is 3.73. The summed E-state index contributed by atoms with van der Waals surface area (Å²) in [5.74, 6) is 0. The van der Waals surface area contributed by atoms with Gasteiger partial charge in [0.15, 0.2) is 5.22 Å². The first-order chi connectivity index (χ1) is 7.68. The van der Waals surface area contributed by atoms with Crippen LogP contribution in [0.1, 0.15) is 25.3 Å². The standard InChI is InChI=1S/C13H14ClNO/c1-13(6-7-13)15-8-10-9-4-2-3-5-11(9)16-12(10)14/h2-5,15H,6-8H2,1H3. The number of halogens is 1. The Balaban J connectivity index is 1.92. The van der Waals surface area contributed by atoms with Crippen LogP contribution in [-0.2, 0) is 6.54 Å². The number of fused-ring (bicyclic) bond motifs is 1. The Morgan fingerprint density at radius 2 is 2.12 bits per heavy atom. The summed E-state index contributed by atoms with van der Waals surface area (Å²) in [7, 11) is 0. The maximum Gasteiger partial charge on any atom is 0.199 e. The molecule has 0 saturated heterocycles. The number of para-hydroxylation sites is 1. The van der Waals surface area contributed by atoms with Crippen molar-refractivity contribution in [2.45, 2.75) is 31.8 Å². The van der Waals surface area contributed by atoms with Crippen LogP contribution in [0.4, 0.5) is 0 Å². The predicted molar refractivity (Wildman–Crippen MR) is 65.7 cm³/mol. The van der Waals surface area contributed by atoms with Gasteiger partial charge < -0.3 is 9.73 Å². The molecule has 0 amide bonds. The van der Waals surface area contributed by atoms with Crippen molar-refractivity contribution in [2.24, 2.45) is 0 Å². The van der Waals surface area contributed by atoms with Gasteiger partial charge >= 0.3 is 0 Å². The van der Waals surface area contributed by atoms with Gasteiger partial charge in [-0.2, -0.15) is 0 Å². The van der Waals surface area contributed by atoms with E-state index in [-0.39, 0.29) is 0 Å². The first-order valence-corrected chi connectivity index (χ1v) is 5.97. The first-order valence-electron chi connectivity index (χ1n) is 5.59. The molecule has 0 aliphatic heterocycles. The Morgan fingerprint density at radius 3 is 2.88 bits per heavy atom. The highest BCUT2D eigenvalue weighted by atomic mass is 35.5. The van der Waals surface area contributed by atoms with E-state index in [1.165, 1.54) is 12.8 Å². The average molecular weight is 236 g/mol. The maximum absolute atomic E-state index is 6.11. The zero-order valence-corrected chi connectivity index (χ0v) is 9.97. The minimum absolute atomic E-state index is 0.321. The SMILES string of the molecule is CC1(NCc2c(Cl)oc3ccccc23)CC1. The lowest BCUT2D eigenvalue weighted by molar-refractivity contribution is 0.532. The van der Waals surface area contributed by atoms with E-state index in [0.717, 1.165) is 23.1 Å². The molecule has 1 heterocycles. The van der Waals surface area contributed by atoms with Gasteiger partial charge in [-0.05, 0) is 37.4 Å². The molecule has 1 fully saturated rings. The van der Waals surface area contributed by atoms with Gasteiger partial charge in [0.25, 0.3) is 0 Å². The normalized spacial score (nSPS) is 17.9. The van der Waals surface area contributed by atoms with Crippen LogP contribution < -0.4 is 5.32 Å². The second-order valence-corrected chi connectivity index (χ2v) is 5.11. The Morgan fingerprint density at radius 1 is 1.38 bits per heavy atom. The molecule has 1 N–H and O–H groups in total. The minimum atomic E-state index is 0.321. The van der Waals surface area contributed by atoms with Gasteiger partial charge in [-0.1, -0.05) is 18.2 Å². The molecule has 1 aromatic heterocycles. The third-order valence-electron chi connectivity index (χ3n) is 3.34. The molecule has 3 rings (SSSR count). The van der Waals surface area contributed by atoms with Crippen LogP contribution in [0.25, 0.3) is 11.0 Å². The van der Waals surface area contributed by atoms with Crippen molar-refractivity contribution in [3.05, 3.63) is 35.0 Å².